The first kappa shape index (κ1) is 22.8. The van der Waals surface area contributed by atoms with Gasteiger partial charge in [0.05, 0.1) is 21.5 Å². The molecule has 1 amide bonds. The van der Waals surface area contributed by atoms with E-state index in [1.807, 2.05) is 39.0 Å². The molecule has 5 nitrogen and oxygen atoms in total. The number of hydrogen-bond acceptors (Lipinski definition) is 3. The molecule has 30 heavy (non-hydrogen) atoms. The van der Waals surface area contributed by atoms with Crippen molar-refractivity contribution in [2.75, 3.05) is 13.1 Å². The molecule has 0 aliphatic carbocycles. The number of hydrogen-bond donors (Lipinski definition) is 1. The Balaban J connectivity index is 1.85. The lowest BCUT2D eigenvalue weighted by molar-refractivity contribution is 0.0939. The van der Waals surface area contributed by atoms with Crippen LogP contribution in [0.3, 0.4) is 0 Å². The van der Waals surface area contributed by atoms with Crippen molar-refractivity contribution in [3.63, 3.8) is 0 Å². The topological polar surface area (TPSA) is 66.5 Å². The molecule has 1 saturated heterocycles. The van der Waals surface area contributed by atoms with E-state index in [4.69, 9.17) is 11.6 Å². The highest BCUT2D eigenvalue weighted by Crippen LogP contribution is 2.26. The van der Waals surface area contributed by atoms with Gasteiger partial charge < -0.3 is 5.32 Å². The van der Waals surface area contributed by atoms with Crippen molar-refractivity contribution in [1.82, 2.24) is 9.62 Å². The highest BCUT2D eigenvalue weighted by Gasteiger charge is 2.27. The lowest BCUT2D eigenvalue weighted by Crippen LogP contribution is -2.32. The van der Waals surface area contributed by atoms with E-state index in [0.717, 1.165) is 42.4 Å². The van der Waals surface area contributed by atoms with Gasteiger partial charge in [0.2, 0.25) is 10.0 Å². The number of nitrogens with zero attached hydrogens (tertiary/aromatic N) is 1. The van der Waals surface area contributed by atoms with Crippen molar-refractivity contribution in [2.45, 2.75) is 57.4 Å². The fourth-order valence-corrected chi connectivity index (χ4v) is 5.60. The summed E-state index contributed by atoms with van der Waals surface area (Å²) in [6, 6.07) is 10.2. The number of aryl methyl sites for hydroxylation is 2. The Morgan fingerprint density at radius 3 is 2.37 bits per heavy atom. The summed E-state index contributed by atoms with van der Waals surface area (Å²) in [5.74, 6) is -0.388. The average Bonchev–Trinajstić information content (AvgIpc) is 3.00. The van der Waals surface area contributed by atoms with Gasteiger partial charge in [-0.15, -0.1) is 0 Å². The fourth-order valence-electron chi connectivity index (χ4n) is 3.85. The van der Waals surface area contributed by atoms with Crippen molar-refractivity contribution in [2.24, 2.45) is 0 Å². The van der Waals surface area contributed by atoms with Gasteiger partial charge in [0.1, 0.15) is 0 Å². The van der Waals surface area contributed by atoms with Crippen LogP contribution in [0.15, 0.2) is 41.3 Å². The summed E-state index contributed by atoms with van der Waals surface area (Å²) in [6.07, 6.45) is 3.79. The van der Waals surface area contributed by atoms with Crippen LogP contribution < -0.4 is 5.32 Å². The molecule has 2 aromatic carbocycles. The molecule has 0 spiro atoms. The molecule has 0 unspecified atom stereocenters. The van der Waals surface area contributed by atoms with E-state index in [0.29, 0.717) is 13.1 Å². The third-order valence-corrected chi connectivity index (χ3v) is 7.86. The molecule has 3 rings (SSSR count). The van der Waals surface area contributed by atoms with Gasteiger partial charge in [-0.2, -0.15) is 4.31 Å². The molecule has 162 valence electrons. The van der Waals surface area contributed by atoms with E-state index in [1.54, 1.807) is 0 Å². The first-order chi connectivity index (χ1) is 14.2. The average molecular weight is 449 g/mol. The lowest BCUT2D eigenvalue weighted by atomic mass is 10.00. The van der Waals surface area contributed by atoms with Crippen LogP contribution in [0.1, 0.15) is 65.7 Å². The summed E-state index contributed by atoms with van der Waals surface area (Å²) in [4.78, 5) is 13.1. The number of amides is 1. The van der Waals surface area contributed by atoms with Gasteiger partial charge in [0, 0.05) is 13.1 Å². The summed E-state index contributed by atoms with van der Waals surface area (Å²) in [5.41, 5.74) is 3.38. The van der Waals surface area contributed by atoms with Crippen LogP contribution in [0.5, 0.6) is 0 Å². The highest BCUT2D eigenvalue weighted by atomic mass is 35.5. The third kappa shape index (κ3) is 5.05. The van der Waals surface area contributed by atoms with Gasteiger partial charge in [0.25, 0.3) is 5.91 Å². The molecule has 1 atom stereocenters. The summed E-state index contributed by atoms with van der Waals surface area (Å²) >= 11 is 6.27. The van der Waals surface area contributed by atoms with E-state index in [9.17, 15) is 13.2 Å². The zero-order valence-corrected chi connectivity index (χ0v) is 19.3. The second kappa shape index (κ2) is 9.50. The Labute approximate surface area is 184 Å². The van der Waals surface area contributed by atoms with Crippen LogP contribution in [0.2, 0.25) is 5.02 Å². The molecule has 7 heteroatoms. The molecule has 1 heterocycles. The Kier molecular flexibility index (Phi) is 7.22. The second-order valence-corrected chi connectivity index (χ2v) is 10.4. The summed E-state index contributed by atoms with van der Waals surface area (Å²) < 4.78 is 27.7. The van der Waals surface area contributed by atoms with Crippen molar-refractivity contribution in [3.05, 3.63) is 63.7 Å². The quantitative estimate of drug-likeness (QED) is 0.698. The van der Waals surface area contributed by atoms with Gasteiger partial charge in [-0.1, -0.05) is 48.2 Å². The number of benzene rings is 2. The van der Waals surface area contributed by atoms with E-state index in [-0.39, 0.29) is 27.4 Å². The van der Waals surface area contributed by atoms with Crippen LogP contribution in [0, 0.1) is 13.8 Å². The lowest BCUT2D eigenvalue weighted by Gasteiger charge is -2.21. The third-order valence-electron chi connectivity index (χ3n) is 5.63. The van der Waals surface area contributed by atoms with Crippen LogP contribution >= 0.6 is 11.6 Å². The monoisotopic (exact) mass is 448 g/mol. The Morgan fingerprint density at radius 2 is 1.70 bits per heavy atom. The molecule has 1 aliphatic heterocycles. The minimum Gasteiger partial charge on any atom is -0.345 e. The summed E-state index contributed by atoms with van der Waals surface area (Å²) in [7, 11) is -3.66. The maximum absolute atomic E-state index is 13.1. The Hall–Kier alpha value is -1.89. The Morgan fingerprint density at radius 1 is 1.03 bits per heavy atom. The predicted octanol–water partition coefficient (Wildman–Crippen LogP) is 5.01. The standard InChI is InChI=1S/C23H29ClN2O3S/c1-16-8-9-17(2)20(14-16)18(3)25-23(27)21-15-19(10-11-22(21)24)30(28,29)26-12-6-4-5-7-13-26/h8-11,14-15,18H,4-7,12-13H2,1-3H3,(H,25,27)/t18-/m0/s1. The summed E-state index contributed by atoms with van der Waals surface area (Å²) in [5, 5.41) is 3.19. The molecule has 0 radical (unpaired) electrons. The second-order valence-electron chi connectivity index (χ2n) is 8.02. The smallest absolute Gasteiger partial charge is 0.253 e. The van der Waals surface area contributed by atoms with Crippen LogP contribution in [-0.4, -0.2) is 31.7 Å². The van der Waals surface area contributed by atoms with Crippen molar-refractivity contribution in [1.29, 1.82) is 0 Å². The molecular formula is C23H29ClN2O3S. The van der Waals surface area contributed by atoms with Gasteiger partial charge in [-0.3, -0.25) is 4.79 Å². The van der Waals surface area contributed by atoms with Gasteiger partial charge in [-0.05, 0) is 62.9 Å². The SMILES string of the molecule is Cc1ccc(C)c([C@H](C)NC(=O)c2cc(S(=O)(=O)N3CCCCCC3)ccc2Cl)c1. The van der Waals surface area contributed by atoms with Crippen molar-refractivity contribution >= 4 is 27.5 Å². The van der Waals surface area contributed by atoms with E-state index in [2.05, 4.69) is 5.32 Å². The number of rotatable bonds is 5. The molecule has 0 bridgehead atoms. The Bertz CT molecular complexity index is 1030. The zero-order valence-electron chi connectivity index (χ0n) is 17.7. The zero-order chi connectivity index (χ0) is 21.9. The van der Waals surface area contributed by atoms with Gasteiger partial charge >= 0.3 is 0 Å². The number of carbonyl (C=O) groups is 1. The number of sulfonamides is 1. The number of nitrogens with one attached hydrogen (secondary N) is 1. The number of halogens is 1. The fraction of sp³-hybridized carbons (Fsp3) is 0.435. The molecule has 1 fully saturated rings. The van der Waals surface area contributed by atoms with Crippen LogP contribution in [0.25, 0.3) is 0 Å². The van der Waals surface area contributed by atoms with E-state index < -0.39 is 10.0 Å². The molecule has 0 aromatic heterocycles. The predicted molar refractivity (Wildman–Crippen MR) is 120 cm³/mol. The minimum atomic E-state index is -3.66. The summed E-state index contributed by atoms with van der Waals surface area (Å²) in [6.45, 7) is 6.93. The molecule has 0 saturated carbocycles. The van der Waals surface area contributed by atoms with Crippen LogP contribution in [0.4, 0.5) is 0 Å². The molecular weight excluding hydrogens is 420 g/mol. The van der Waals surface area contributed by atoms with E-state index in [1.165, 1.54) is 22.5 Å². The normalized spacial score (nSPS) is 16.7. The van der Waals surface area contributed by atoms with Gasteiger partial charge in [-0.25, -0.2) is 8.42 Å². The maximum atomic E-state index is 13.1. The first-order valence-corrected chi connectivity index (χ1v) is 12.2. The maximum Gasteiger partial charge on any atom is 0.253 e. The van der Waals surface area contributed by atoms with Gasteiger partial charge in [0.15, 0.2) is 0 Å². The minimum absolute atomic E-state index is 0.110. The van der Waals surface area contributed by atoms with Crippen LogP contribution in [-0.2, 0) is 10.0 Å². The largest absolute Gasteiger partial charge is 0.345 e. The molecule has 1 aliphatic rings. The van der Waals surface area contributed by atoms with E-state index >= 15 is 0 Å². The molecule has 1 N–H and O–H groups in total. The van der Waals surface area contributed by atoms with Crippen molar-refractivity contribution in [3.8, 4) is 0 Å². The molecule has 2 aromatic rings. The number of carbonyl (C=O) groups excluding carboxylic acids is 1. The highest BCUT2D eigenvalue weighted by molar-refractivity contribution is 7.89. The van der Waals surface area contributed by atoms with Crippen molar-refractivity contribution < 1.29 is 13.2 Å². The first-order valence-electron chi connectivity index (χ1n) is 10.4.